The second kappa shape index (κ2) is 6.36. The summed E-state index contributed by atoms with van der Waals surface area (Å²) < 4.78 is 245. The van der Waals surface area contributed by atoms with Gasteiger partial charge in [0, 0.05) is 0 Å². The summed E-state index contributed by atoms with van der Waals surface area (Å²) in [4.78, 5) is 0. The quantitative estimate of drug-likeness (QED) is 0.435. The lowest BCUT2D eigenvalue weighted by molar-refractivity contribution is -0.462. The van der Waals surface area contributed by atoms with Gasteiger partial charge in [-0.1, -0.05) is 0 Å². The molecule has 3 nitrogen and oxygen atoms in total. The highest BCUT2D eigenvalue weighted by Gasteiger charge is 3.01. The SMILES string of the molecule is O=S(=O)(O)C(F)(F)C(F)(C(F)(F)F)C(F)(C(F)(F)F)C(F)(F)C(F)(F)C(F)(F)F. The van der Waals surface area contributed by atoms with E-state index >= 15 is 0 Å². The molecule has 0 saturated heterocycles. The highest BCUT2D eigenvalue weighted by Crippen LogP contribution is 2.68. The molecule has 0 amide bonds. The summed E-state index contributed by atoms with van der Waals surface area (Å²) in [5.74, 6) is -17.8. The van der Waals surface area contributed by atoms with Gasteiger partial charge < -0.3 is 0 Å². The van der Waals surface area contributed by atoms with Crippen molar-refractivity contribution in [2.45, 2.75) is 47.0 Å². The Kier molecular flexibility index (Phi) is 6.08. The van der Waals surface area contributed by atoms with Crippen LogP contribution in [0.1, 0.15) is 0 Å². The Labute approximate surface area is 146 Å². The lowest BCUT2D eigenvalue weighted by Gasteiger charge is -2.47. The van der Waals surface area contributed by atoms with Crippen molar-refractivity contribution in [1.82, 2.24) is 0 Å². The zero-order valence-corrected chi connectivity index (χ0v) is 12.9. The van der Waals surface area contributed by atoms with Crippen LogP contribution in [0.15, 0.2) is 0 Å². The smallest absolute Gasteiger partial charge is 0.281 e. The van der Waals surface area contributed by atoms with Gasteiger partial charge in [0.15, 0.2) is 0 Å². The number of alkyl halides is 17. The van der Waals surface area contributed by atoms with Crippen LogP contribution in [0.2, 0.25) is 0 Å². The van der Waals surface area contributed by atoms with Crippen LogP contribution in [0.25, 0.3) is 0 Å². The molecule has 176 valence electrons. The molecule has 0 aliphatic rings. The monoisotopic (exact) mass is 500 g/mol. The molecule has 1 N–H and O–H groups in total. The maximum atomic E-state index is 13.9. The molecule has 0 aliphatic heterocycles. The molecule has 0 heterocycles. The van der Waals surface area contributed by atoms with Crippen molar-refractivity contribution in [2.75, 3.05) is 0 Å². The molecular weight excluding hydrogens is 499 g/mol. The maximum absolute atomic E-state index is 13.9. The van der Waals surface area contributed by atoms with E-state index in [1.54, 1.807) is 0 Å². The molecule has 0 rings (SSSR count). The van der Waals surface area contributed by atoms with Crippen molar-refractivity contribution in [2.24, 2.45) is 0 Å². The van der Waals surface area contributed by atoms with E-state index in [0.29, 0.717) is 0 Å². The molecule has 2 atom stereocenters. The minimum atomic E-state index is -9.33. The van der Waals surface area contributed by atoms with Gasteiger partial charge in [-0.2, -0.15) is 74.3 Å². The molecule has 0 fully saturated rings. The van der Waals surface area contributed by atoms with Crippen molar-refractivity contribution in [1.29, 1.82) is 0 Å². The second-order valence-electron chi connectivity index (χ2n) is 4.95. The number of halogens is 17. The third-order valence-electron chi connectivity index (χ3n) is 3.16. The predicted octanol–water partition coefficient (Wildman–Crippen LogP) is 4.84. The van der Waals surface area contributed by atoms with Gasteiger partial charge in [-0.15, -0.1) is 0 Å². The molecule has 0 aromatic carbocycles. The average Bonchev–Trinajstić information content (AvgIpc) is 2.39. The molecule has 29 heavy (non-hydrogen) atoms. The fourth-order valence-corrected chi connectivity index (χ4v) is 2.33. The lowest BCUT2D eigenvalue weighted by Crippen LogP contribution is -2.82. The van der Waals surface area contributed by atoms with Crippen molar-refractivity contribution >= 4 is 10.1 Å². The van der Waals surface area contributed by atoms with E-state index in [9.17, 15) is 83.1 Å². The molecule has 0 spiro atoms. The molecule has 21 heteroatoms. The van der Waals surface area contributed by atoms with Gasteiger partial charge >= 0.3 is 57.1 Å². The fraction of sp³-hybridized carbons (Fsp3) is 1.00. The molecule has 2 unspecified atom stereocenters. The third kappa shape index (κ3) is 3.26. The van der Waals surface area contributed by atoms with Gasteiger partial charge in [-0.25, -0.2) is 8.78 Å². The summed E-state index contributed by atoms with van der Waals surface area (Å²) in [6.07, 6.45) is -25.4. The number of hydrogen-bond acceptors (Lipinski definition) is 2. The normalized spacial score (nSPS) is 20.2. The Balaban J connectivity index is 7.85. The molecule has 0 aromatic heterocycles. The third-order valence-corrected chi connectivity index (χ3v) is 4.09. The Morgan fingerprint density at radius 2 is 0.724 bits per heavy atom. The van der Waals surface area contributed by atoms with Crippen LogP contribution in [0.5, 0.6) is 0 Å². The highest BCUT2D eigenvalue weighted by molar-refractivity contribution is 7.87. The Morgan fingerprint density at radius 1 is 0.448 bits per heavy atom. The maximum Gasteiger partial charge on any atom is 0.460 e. The standard InChI is InChI=1S/C8HF17O3S/c9-1(5(15,16)17,3(11,12)4(13,14)7(21,22)23)2(10,6(18,19)20)8(24,25)29(26,27)28/h(H,26,27,28). The Hall–Kier alpha value is -1.28. The van der Waals surface area contributed by atoms with E-state index in [1.807, 2.05) is 0 Å². The Bertz CT molecular complexity index is 729. The first-order valence-electron chi connectivity index (χ1n) is 5.68. The van der Waals surface area contributed by atoms with Crippen LogP contribution in [0.3, 0.4) is 0 Å². The molecule has 0 radical (unpaired) electrons. The van der Waals surface area contributed by atoms with E-state index < -0.39 is 57.1 Å². The minimum absolute atomic E-state index is 7.80. The van der Waals surface area contributed by atoms with Crippen LogP contribution in [0.4, 0.5) is 74.6 Å². The Morgan fingerprint density at radius 3 is 0.897 bits per heavy atom. The van der Waals surface area contributed by atoms with Gasteiger partial charge in [0.25, 0.3) is 0 Å². The van der Waals surface area contributed by atoms with Crippen molar-refractivity contribution in [3.8, 4) is 0 Å². The first kappa shape index (κ1) is 27.7. The topological polar surface area (TPSA) is 54.4 Å². The first-order valence-corrected chi connectivity index (χ1v) is 7.12. The molecular formula is C8HF17O3S. The van der Waals surface area contributed by atoms with Crippen molar-refractivity contribution < 1.29 is 87.6 Å². The second-order valence-corrected chi connectivity index (χ2v) is 6.41. The van der Waals surface area contributed by atoms with Crippen molar-refractivity contribution in [3.63, 3.8) is 0 Å². The summed E-state index contributed by atoms with van der Waals surface area (Å²) in [5.41, 5.74) is -18.5. The van der Waals surface area contributed by atoms with E-state index in [2.05, 4.69) is 0 Å². The first-order chi connectivity index (χ1) is 12.0. The summed E-state index contributed by atoms with van der Waals surface area (Å²) in [6.45, 7) is 0. The summed E-state index contributed by atoms with van der Waals surface area (Å²) in [7, 11) is -8.36. The van der Waals surface area contributed by atoms with Gasteiger partial charge in [0.05, 0.1) is 0 Å². The average molecular weight is 500 g/mol. The fourth-order valence-electron chi connectivity index (χ4n) is 1.72. The van der Waals surface area contributed by atoms with E-state index in [0.717, 1.165) is 0 Å². The molecule has 0 aromatic rings. The van der Waals surface area contributed by atoms with Crippen LogP contribution >= 0.6 is 0 Å². The van der Waals surface area contributed by atoms with Crippen molar-refractivity contribution in [3.05, 3.63) is 0 Å². The van der Waals surface area contributed by atoms with Crippen LogP contribution < -0.4 is 0 Å². The molecule has 0 saturated carbocycles. The molecule has 0 aliphatic carbocycles. The van der Waals surface area contributed by atoms with E-state index in [4.69, 9.17) is 4.55 Å². The van der Waals surface area contributed by atoms with E-state index in [-0.39, 0.29) is 0 Å². The minimum Gasteiger partial charge on any atom is -0.281 e. The van der Waals surface area contributed by atoms with Gasteiger partial charge in [0.2, 0.25) is 0 Å². The largest absolute Gasteiger partial charge is 0.460 e. The summed E-state index contributed by atoms with van der Waals surface area (Å²) >= 11 is 0. The van der Waals surface area contributed by atoms with Crippen LogP contribution in [-0.4, -0.2) is 59.9 Å². The zero-order valence-electron chi connectivity index (χ0n) is 12.1. The van der Waals surface area contributed by atoms with Gasteiger partial charge in [-0.05, 0) is 0 Å². The van der Waals surface area contributed by atoms with Crippen LogP contribution in [-0.2, 0) is 10.1 Å². The summed E-state index contributed by atoms with van der Waals surface area (Å²) in [5, 5.41) is -8.42. The lowest BCUT2D eigenvalue weighted by atomic mass is 9.76. The predicted molar refractivity (Wildman–Crippen MR) is 52.2 cm³/mol. The number of rotatable bonds is 5. The van der Waals surface area contributed by atoms with E-state index in [1.165, 1.54) is 0 Å². The molecule has 0 bridgehead atoms. The highest BCUT2D eigenvalue weighted by atomic mass is 32.2. The van der Waals surface area contributed by atoms with Gasteiger partial charge in [-0.3, -0.25) is 4.55 Å². The van der Waals surface area contributed by atoms with Gasteiger partial charge in [0.1, 0.15) is 0 Å². The zero-order chi connectivity index (χ0) is 24.5. The van der Waals surface area contributed by atoms with Crippen LogP contribution in [0, 0.1) is 0 Å². The number of hydrogen-bond donors (Lipinski definition) is 1. The summed E-state index contributed by atoms with van der Waals surface area (Å²) in [6, 6.07) is 0.